The van der Waals surface area contributed by atoms with Crippen LogP contribution in [0.2, 0.25) is 0 Å². The Morgan fingerprint density at radius 3 is 2.69 bits per heavy atom. The molecule has 1 aromatic carbocycles. The second kappa shape index (κ2) is 4.30. The summed E-state index contributed by atoms with van der Waals surface area (Å²) in [6.45, 7) is 0. The van der Waals surface area contributed by atoms with Crippen LogP contribution in [0.25, 0.3) is 0 Å². The van der Waals surface area contributed by atoms with Gasteiger partial charge in [-0.15, -0.1) is 0 Å². The molecule has 2 heterocycles. The Labute approximate surface area is 96.5 Å². The molecule has 2 aliphatic heterocycles. The molecule has 1 saturated heterocycles. The average molecular weight is 215 g/mol. The molecule has 2 atom stereocenters. The summed E-state index contributed by atoms with van der Waals surface area (Å²) < 4.78 is 0. The minimum absolute atomic E-state index is 0.275. The molecule has 0 saturated carbocycles. The van der Waals surface area contributed by atoms with Crippen molar-refractivity contribution in [2.45, 2.75) is 37.8 Å². The molecule has 1 aliphatic carbocycles. The first kappa shape index (κ1) is 9.91. The normalized spacial score (nSPS) is 28.9. The van der Waals surface area contributed by atoms with E-state index in [4.69, 9.17) is 4.84 Å². The zero-order valence-corrected chi connectivity index (χ0v) is 9.38. The third-order valence-corrected chi connectivity index (χ3v) is 3.35. The van der Waals surface area contributed by atoms with Crippen LogP contribution in [0, 0.1) is 0 Å². The summed E-state index contributed by atoms with van der Waals surface area (Å²) in [6, 6.07) is 10.8. The quantitative estimate of drug-likeness (QED) is 0.666. The maximum absolute atomic E-state index is 6.02. The molecule has 0 N–H and O–H groups in total. The van der Waals surface area contributed by atoms with Crippen LogP contribution in [0.15, 0.2) is 42.5 Å². The molecule has 1 fully saturated rings. The summed E-state index contributed by atoms with van der Waals surface area (Å²) in [6.07, 6.45) is 9.73. The van der Waals surface area contributed by atoms with Crippen LogP contribution in [0.3, 0.4) is 0 Å². The molecule has 2 nitrogen and oxygen atoms in total. The number of hydroxylamine groups is 1. The Hall–Kier alpha value is -1.28. The molecule has 3 aliphatic rings. The summed E-state index contributed by atoms with van der Waals surface area (Å²) >= 11 is 0. The van der Waals surface area contributed by atoms with Crippen molar-refractivity contribution in [3.8, 4) is 0 Å². The van der Waals surface area contributed by atoms with Crippen molar-refractivity contribution in [2.75, 3.05) is 5.06 Å². The highest BCUT2D eigenvalue weighted by molar-refractivity contribution is 5.46. The van der Waals surface area contributed by atoms with E-state index in [1.165, 1.54) is 24.9 Å². The number of para-hydroxylation sites is 1. The van der Waals surface area contributed by atoms with Crippen molar-refractivity contribution in [3.05, 3.63) is 42.5 Å². The monoisotopic (exact) mass is 215 g/mol. The predicted molar refractivity (Wildman–Crippen MR) is 65.2 cm³/mol. The smallest absolute Gasteiger partial charge is 0.104 e. The maximum atomic E-state index is 6.02. The van der Waals surface area contributed by atoms with Gasteiger partial charge in [0.15, 0.2) is 0 Å². The van der Waals surface area contributed by atoms with E-state index in [0.29, 0.717) is 6.04 Å². The lowest BCUT2D eigenvalue weighted by Gasteiger charge is -2.38. The van der Waals surface area contributed by atoms with Crippen molar-refractivity contribution in [3.63, 3.8) is 0 Å². The summed E-state index contributed by atoms with van der Waals surface area (Å²) in [4.78, 5) is 6.02. The lowest BCUT2D eigenvalue weighted by atomic mass is 9.99. The average Bonchev–Trinajstić information content (AvgIpc) is 2.30. The van der Waals surface area contributed by atoms with E-state index in [9.17, 15) is 0 Å². The van der Waals surface area contributed by atoms with E-state index in [-0.39, 0.29) is 6.10 Å². The standard InChI is InChI=1S/C14H17NO/c1-2-6-12(7-3-1)15-13-8-4-5-9-14(16-15)11-10-13/h1-3,6-7,10-11,13-14H,4-5,8-9H2/t13-,14+/m1/s1. The molecular weight excluding hydrogens is 198 g/mol. The molecule has 0 aromatic heterocycles. The first-order valence-corrected chi connectivity index (χ1v) is 6.13. The lowest BCUT2D eigenvalue weighted by Crippen LogP contribution is -2.41. The van der Waals surface area contributed by atoms with Crippen LogP contribution in [0.5, 0.6) is 0 Å². The van der Waals surface area contributed by atoms with E-state index in [2.05, 4.69) is 41.5 Å². The molecular formula is C14H17NO. The van der Waals surface area contributed by atoms with E-state index in [0.717, 1.165) is 6.42 Å². The van der Waals surface area contributed by atoms with Gasteiger partial charge in [-0.3, -0.25) is 4.84 Å². The molecule has 1 aromatic rings. The Kier molecular flexibility index (Phi) is 2.66. The highest BCUT2D eigenvalue weighted by Crippen LogP contribution is 2.29. The summed E-state index contributed by atoms with van der Waals surface area (Å²) in [5, 5.41) is 2.09. The lowest BCUT2D eigenvalue weighted by molar-refractivity contribution is 0.0252. The van der Waals surface area contributed by atoms with Crippen molar-refractivity contribution in [1.82, 2.24) is 0 Å². The molecule has 84 valence electrons. The molecule has 0 unspecified atom stereocenters. The Balaban J connectivity index is 1.89. The summed E-state index contributed by atoms with van der Waals surface area (Å²) in [5.74, 6) is 0. The number of benzene rings is 1. The van der Waals surface area contributed by atoms with Gasteiger partial charge in [0.2, 0.25) is 0 Å². The fourth-order valence-corrected chi connectivity index (χ4v) is 2.48. The number of hydrogen-bond donors (Lipinski definition) is 0. The minimum Gasteiger partial charge on any atom is -0.265 e. The van der Waals surface area contributed by atoms with Crippen LogP contribution in [-0.2, 0) is 4.84 Å². The molecule has 0 amide bonds. The van der Waals surface area contributed by atoms with Gasteiger partial charge in [0.1, 0.15) is 6.10 Å². The molecule has 0 radical (unpaired) electrons. The Morgan fingerprint density at radius 1 is 1.00 bits per heavy atom. The van der Waals surface area contributed by atoms with Crippen LogP contribution in [-0.4, -0.2) is 12.1 Å². The van der Waals surface area contributed by atoms with Gasteiger partial charge in [0, 0.05) is 0 Å². The van der Waals surface area contributed by atoms with Gasteiger partial charge in [-0.2, -0.15) is 0 Å². The first-order valence-electron chi connectivity index (χ1n) is 6.13. The largest absolute Gasteiger partial charge is 0.265 e. The third kappa shape index (κ3) is 1.85. The zero-order valence-electron chi connectivity index (χ0n) is 9.38. The minimum atomic E-state index is 0.275. The zero-order chi connectivity index (χ0) is 10.8. The highest BCUT2D eigenvalue weighted by Gasteiger charge is 2.26. The second-order valence-electron chi connectivity index (χ2n) is 4.54. The van der Waals surface area contributed by atoms with Crippen molar-refractivity contribution in [2.24, 2.45) is 0 Å². The van der Waals surface area contributed by atoms with E-state index in [1.54, 1.807) is 0 Å². The molecule has 16 heavy (non-hydrogen) atoms. The van der Waals surface area contributed by atoms with Crippen LogP contribution in [0.1, 0.15) is 25.7 Å². The van der Waals surface area contributed by atoms with Gasteiger partial charge in [0.25, 0.3) is 0 Å². The van der Waals surface area contributed by atoms with E-state index in [1.807, 2.05) is 6.07 Å². The number of fused-ring (bicyclic) bond motifs is 4. The molecule has 4 rings (SSSR count). The highest BCUT2D eigenvalue weighted by atomic mass is 16.7. The van der Waals surface area contributed by atoms with Crippen molar-refractivity contribution >= 4 is 5.69 Å². The fourth-order valence-electron chi connectivity index (χ4n) is 2.48. The Morgan fingerprint density at radius 2 is 1.81 bits per heavy atom. The van der Waals surface area contributed by atoms with Gasteiger partial charge in [-0.1, -0.05) is 43.2 Å². The van der Waals surface area contributed by atoms with E-state index < -0.39 is 0 Å². The summed E-state index contributed by atoms with van der Waals surface area (Å²) in [5.41, 5.74) is 1.17. The first-order chi connectivity index (χ1) is 7.93. The van der Waals surface area contributed by atoms with Gasteiger partial charge in [-0.05, 0) is 25.0 Å². The SMILES string of the molecule is C1=C[C@H]2CCCC[C@@H]1ON2c1ccccc1. The molecule has 2 heteroatoms. The number of hydrogen-bond acceptors (Lipinski definition) is 2. The third-order valence-electron chi connectivity index (χ3n) is 3.35. The predicted octanol–water partition coefficient (Wildman–Crippen LogP) is 3.31. The second-order valence-corrected chi connectivity index (χ2v) is 4.54. The maximum Gasteiger partial charge on any atom is 0.104 e. The number of nitrogens with zero attached hydrogens (tertiary/aromatic N) is 1. The van der Waals surface area contributed by atoms with Crippen molar-refractivity contribution in [1.29, 1.82) is 0 Å². The van der Waals surface area contributed by atoms with Gasteiger partial charge >= 0.3 is 0 Å². The van der Waals surface area contributed by atoms with Gasteiger partial charge < -0.3 is 0 Å². The molecule has 2 bridgehead atoms. The summed E-state index contributed by atoms with van der Waals surface area (Å²) in [7, 11) is 0. The van der Waals surface area contributed by atoms with Crippen molar-refractivity contribution < 1.29 is 4.84 Å². The van der Waals surface area contributed by atoms with Crippen LogP contribution >= 0.6 is 0 Å². The fraction of sp³-hybridized carbons (Fsp3) is 0.429. The van der Waals surface area contributed by atoms with Crippen LogP contribution < -0.4 is 5.06 Å². The topological polar surface area (TPSA) is 12.5 Å². The van der Waals surface area contributed by atoms with Crippen LogP contribution in [0.4, 0.5) is 5.69 Å². The Bertz CT molecular complexity index is 374. The van der Waals surface area contributed by atoms with Gasteiger partial charge in [-0.25, -0.2) is 5.06 Å². The number of rotatable bonds is 1. The number of anilines is 1. The molecule has 0 spiro atoms. The van der Waals surface area contributed by atoms with E-state index >= 15 is 0 Å². The van der Waals surface area contributed by atoms with Gasteiger partial charge in [0.05, 0.1) is 11.7 Å².